The van der Waals surface area contributed by atoms with Gasteiger partial charge >= 0.3 is 0 Å². The lowest BCUT2D eigenvalue weighted by Crippen LogP contribution is -2.62. The number of nitrogens with one attached hydrogen (secondary N) is 3. The third kappa shape index (κ3) is 4.06. The molecule has 0 bridgehead atoms. The Morgan fingerprint density at radius 1 is 1.11 bits per heavy atom. The molecule has 4 rings (SSSR count). The molecule has 0 aromatic heterocycles. The number of fused-ring (bicyclic) bond motifs is 2. The first-order valence-electron chi connectivity index (χ1n) is 9.64. The van der Waals surface area contributed by atoms with Crippen LogP contribution in [0.2, 0.25) is 0 Å². The first-order chi connectivity index (χ1) is 13.2. The number of ether oxygens (including phenoxy) is 1. The average molecular weight is 367 g/mol. The number of carbonyl (C=O) groups excluding carboxylic acids is 2. The summed E-state index contributed by atoms with van der Waals surface area (Å²) in [4.78, 5) is 24.2. The van der Waals surface area contributed by atoms with Gasteiger partial charge < -0.3 is 10.1 Å². The summed E-state index contributed by atoms with van der Waals surface area (Å²) in [5.41, 5.74) is 5.82. The largest absolute Gasteiger partial charge is 0.484 e. The van der Waals surface area contributed by atoms with Gasteiger partial charge in [0.25, 0.3) is 5.91 Å². The van der Waals surface area contributed by atoms with E-state index in [4.69, 9.17) is 4.74 Å². The van der Waals surface area contributed by atoms with Crippen molar-refractivity contribution in [3.05, 3.63) is 42.5 Å². The molecule has 2 aromatic carbocycles. The fraction of sp³-hybridized carbons (Fsp3) is 0.429. The van der Waals surface area contributed by atoms with Gasteiger partial charge in [0, 0.05) is 18.5 Å². The van der Waals surface area contributed by atoms with Crippen molar-refractivity contribution in [1.29, 1.82) is 0 Å². The maximum absolute atomic E-state index is 12.2. The second-order valence-corrected chi connectivity index (χ2v) is 7.40. The van der Waals surface area contributed by atoms with Gasteiger partial charge in [0.2, 0.25) is 5.91 Å². The van der Waals surface area contributed by atoms with Gasteiger partial charge in [0.15, 0.2) is 6.61 Å². The van der Waals surface area contributed by atoms with E-state index in [0.29, 0.717) is 12.3 Å². The third-order valence-electron chi connectivity index (χ3n) is 5.66. The molecule has 0 spiro atoms. The van der Waals surface area contributed by atoms with E-state index in [1.54, 1.807) is 0 Å². The molecule has 1 saturated carbocycles. The number of amides is 2. The normalized spacial score (nSPS) is 24.7. The van der Waals surface area contributed by atoms with E-state index in [0.717, 1.165) is 36.5 Å². The lowest BCUT2D eigenvalue weighted by Gasteiger charge is -2.41. The summed E-state index contributed by atoms with van der Waals surface area (Å²) < 4.78 is 5.64. The highest BCUT2D eigenvalue weighted by molar-refractivity contribution is 5.84. The summed E-state index contributed by atoms with van der Waals surface area (Å²) in [7, 11) is 0. The molecule has 0 radical (unpaired) electrons. The first-order valence-corrected chi connectivity index (χ1v) is 9.64. The summed E-state index contributed by atoms with van der Waals surface area (Å²) in [5, 5.41) is 5.15. The Morgan fingerprint density at radius 2 is 1.93 bits per heavy atom. The maximum Gasteiger partial charge on any atom is 0.257 e. The molecule has 6 nitrogen and oxygen atoms in total. The summed E-state index contributed by atoms with van der Waals surface area (Å²) >= 11 is 0. The summed E-state index contributed by atoms with van der Waals surface area (Å²) in [6.07, 6.45) is 4.21. The van der Waals surface area contributed by atoms with Gasteiger partial charge in [-0.3, -0.25) is 15.0 Å². The molecule has 2 fully saturated rings. The number of hydrogen-bond acceptors (Lipinski definition) is 4. The molecule has 1 aliphatic carbocycles. The van der Waals surface area contributed by atoms with Crippen LogP contribution in [0, 0.1) is 11.8 Å². The van der Waals surface area contributed by atoms with E-state index in [-0.39, 0.29) is 36.3 Å². The Bertz CT molecular complexity index is 838. The predicted octanol–water partition coefficient (Wildman–Crippen LogP) is 2.14. The van der Waals surface area contributed by atoms with Crippen LogP contribution >= 0.6 is 0 Å². The second-order valence-electron chi connectivity index (χ2n) is 7.40. The molecule has 27 heavy (non-hydrogen) atoms. The topological polar surface area (TPSA) is 79.5 Å². The number of carbonyl (C=O) groups is 2. The molecule has 2 aromatic rings. The van der Waals surface area contributed by atoms with E-state index in [9.17, 15) is 9.59 Å². The Balaban J connectivity index is 1.28. The molecule has 6 heteroatoms. The van der Waals surface area contributed by atoms with Gasteiger partial charge in [-0.1, -0.05) is 43.2 Å². The van der Waals surface area contributed by atoms with Crippen LogP contribution in [0.25, 0.3) is 10.8 Å². The van der Waals surface area contributed by atoms with E-state index in [1.807, 2.05) is 42.5 Å². The van der Waals surface area contributed by atoms with Crippen molar-refractivity contribution in [2.45, 2.75) is 31.7 Å². The van der Waals surface area contributed by atoms with Crippen LogP contribution in [-0.2, 0) is 9.59 Å². The zero-order valence-electron chi connectivity index (χ0n) is 15.2. The third-order valence-corrected chi connectivity index (χ3v) is 5.66. The highest BCUT2D eigenvalue weighted by Crippen LogP contribution is 2.34. The summed E-state index contributed by atoms with van der Waals surface area (Å²) in [6.45, 7) is 0.465. The minimum Gasteiger partial charge on any atom is -0.484 e. The molecule has 1 saturated heterocycles. The molecule has 3 N–H and O–H groups in total. The van der Waals surface area contributed by atoms with Crippen LogP contribution in [0.4, 0.5) is 0 Å². The van der Waals surface area contributed by atoms with Crippen molar-refractivity contribution >= 4 is 22.6 Å². The maximum atomic E-state index is 12.2. The molecule has 2 amide bonds. The molecule has 1 aliphatic heterocycles. The van der Waals surface area contributed by atoms with Crippen molar-refractivity contribution in [2.24, 2.45) is 11.8 Å². The second kappa shape index (κ2) is 7.96. The fourth-order valence-corrected chi connectivity index (χ4v) is 4.21. The summed E-state index contributed by atoms with van der Waals surface area (Å²) in [6, 6.07) is 13.9. The van der Waals surface area contributed by atoms with Crippen LogP contribution < -0.4 is 20.9 Å². The molecule has 1 heterocycles. The minimum atomic E-state index is -0.158. The average Bonchev–Trinajstić information content (AvgIpc) is 2.72. The van der Waals surface area contributed by atoms with Gasteiger partial charge in [-0.25, -0.2) is 5.43 Å². The van der Waals surface area contributed by atoms with E-state index >= 15 is 0 Å². The van der Waals surface area contributed by atoms with E-state index in [1.165, 1.54) is 0 Å². The molecule has 2 aliphatic rings. The molecule has 3 unspecified atom stereocenters. The van der Waals surface area contributed by atoms with Crippen LogP contribution in [0.3, 0.4) is 0 Å². The highest BCUT2D eigenvalue weighted by Gasteiger charge is 2.39. The summed E-state index contributed by atoms with van der Waals surface area (Å²) in [5.74, 6) is 0.959. The van der Waals surface area contributed by atoms with Gasteiger partial charge in [0.05, 0.1) is 0 Å². The molecule has 142 valence electrons. The zero-order valence-corrected chi connectivity index (χ0v) is 15.2. The number of benzene rings is 2. The number of rotatable bonds is 5. The van der Waals surface area contributed by atoms with Crippen molar-refractivity contribution in [3.8, 4) is 5.75 Å². The van der Waals surface area contributed by atoms with Gasteiger partial charge in [-0.05, 0) is 41.7 Å². The molecule has 3 atom stereocenters. The van der Waals surface area contributed by atoms with Crippen molar-refractivity contribution in [1.82, 2.24) is 16.2 Å². The van der Waals surface area contributed by atoms with Crippen LogP contribution in [0.5, 0.6) is 5.75 Å². The van der Waals surface area contributed by atoms with Crippen LogP contribution in [-0.4, -0.2) is 31.0 Å². The lowest BCUT2D eigenvalue weighted by molar-refractivity contribution is -0.133. The number of hydrazine groups is 1. The van der Waals surface area contributed by atoms with E-state index in [2.05, 4.69) is 16.2 Å². The van der Waals surface area contributed by atoms with Gasteiger partial charge in [-0.15, -0.1) is 0 Å². The van der Waals surface area contributed by atoms with Crippen LogP contribution in [0.15, 0.2) is 42.5 Å². The van der Waals surface area contributed by atoms with Gasteiger partial charge in [0.1, 0.15) is 5.75 Å². The van der Waals surface area contributed by atoms with Gasteiger partial charge in [-0.2, -0.15) is 0 Å². The quantitative estimate of drug-likeness (QED) is 0.757. The highest BCUT2D eigenvalue weighted by atomic mass is 16.5. The fourth-order valence-electron chi connectivity index (χ4n) is 4.21. The first kappa shape index (κ1) is 17.8. The predicted molar refractivity (Wildman–Crippen MR) is 103 cm³/mol. The van der Waals surface area contributed by atoms with Crippen molar-refractivity contribution in [3.63, 3.8) is 0 Å². The van der Waals surface area contributed by atoms with Crippen LogP contribution in [0.1, 0.15) is 25.7 Å². The molecular formula is C21H25N3O3. The SMILES string of the molecule is O=C(COc1ccc2ccccc2c1)NCC1NNC(=O)C2CCCCC12. The Labute approximate surface area is 158 Å². The minimum absolute atomic E-state index is 0.0223. The Morgan fingerprint density at radius 3 is 2.81 bits per heavy atom. The van der Waals surface area contributed by atoms with Crippen molar-refractivity contribution in [2.75, 3.05) is 13.2 Å². The zero-order chi connectivity index (χ0) is 18.6. The number of hydrogen-bond donors (Lipinski definition) is 3. The van der Waals surface area contributed by atoms with E-state index < -0.39 is 0 Å². The Kier molecular flexibility index (Phi) is 5.25. The monoisotopic (exact) mass is 367 g/mol. The molecular weight excluding hydrogens is 342 g/mol. The Hall–Kier alpha value is -2.60. The standard InChI is InChI=1S/C21H25N3O3/c25-20(13-27-16-10-9-14-5-1-2-6-15(14)11-16)22-12-19-17-7-3-4-8-18(17)21(26)24-23-19/h1-2,5-6,9-11,17-19,23H,3-4,7-8,12-13H2,(H,22,25)(H,24,26). The lowest BCUT2D eigenvalue weighted by atomic mass is 9.74. The smallest absolute Gasteiger partial charge is 0.257 e. The van der Waals surface area contributed by atoms with Crippen molar-refractivity contribution < 1.29 is 14.3 Å².